The minimum absolute atomic E-state index is 0.223. The summed E-state index contributed by atoms with van der Waals surface area (Å²) in [4.78, 5) is 13.2. The van der Waals surface area contributed by atoms with Crippen LogP contribution in [0.15, 0.2) is 58.2 Å². The van der Waals surface area contributed by atoms with Gasteiger partial charge in [-0.05, 0) is 24.3 Å². The Bertz CT molecular complexity index is 1170. The van der Waals surface area contributed by atoms with Gasteiger partial charge in [0.1, 0.15) is 16.2 Å². The average molecular weight is 404 g/mol. The van der Waals surface area contributed by atoms with E-state index in [1.807, 2.05) is 0 Å². The van der Waals surface area contributed by atoms with Crippen molar-refractivity contribution >= 4 is 20.9 Å². The summed E-state index contributed by atoms with van der Waals surface area (Å²) in [6.45, 7) is 1.73. The van der Waals surface area contributed by atoms with Crippen molar-refractivity contribution in [1.29, 1.82) is 0 Å². The molecule has 4 rings (SSSR count). The topological polar surface area (TPSA) is 89.6 Å². The van der Waals surface area contributed by atoms with Gasteiger partial charge in [-0.2, -0.15) is 8.99 Å². The molecule has 0 spiro atoms. The molecule has 1 N–H and O–H groups in total. The van der Waals surface area contributed by atoms with Crippen LogP contribution < -0.4 is 10.5 Å². The van der Waals surface area contributed by atoms with Crippen LogP contribution >= 0.6 is 0 Å². The molecule has 10 heteroatoms. The largest absolute Gasteiger partial charge is 0.314 e. The Morgan fingerprint density at radius 2 is 1.71 bits per heavy atom. The van der Waals surface area contributed by atoms with Crippen molar-refractivity contribution < 1.29 is 17.7 Å². The van der Waals surface area contributed by atoms with E-state index in [4.69, 9.17) is 0 Å². The van der Waals surface area contributed by atoms with Crippen molar-refractivity contribution in [1.82, 2.24) is 19.3 Å². The number of sulfonamides is 1. The zero-order chi connectivity index (χ0) is 19.7. The first-order valence-electron chi connectivity index (χ1n) is 8.87. The van der Waals surface area contributed by atoms with Crippen molar-refractivity contribution in [2.24, 2.45) is 0 Å². The molecule has 0 saturated carbocycles. The van der Waals surface area contributed by atoms with E-state index in [0.717, 1.165) is 11.0 Å². The van der Waals surface area contributed by atoms with Crippen LogP contribution in [-0.4, -0.2) is 53.9 Å². The highest BCUT2D eigenvalue weighted by molar-refractivity contribution is 7.89. The average Bonchev–Trinajstić information content (AvgIpc) is 2.71. The lowest BCUT2D eigenvalue weighted by Crippen LogP contribution is -3.14. The summed E-state index contributed by atoms with van der Waals surface area (Å²) in [5.41, 5.74) is 0.319. The molecular weight excluding hydrogens is 385 g/mol. The van der Waals surface area contributed by atoms with Gasteiger partial charge < -0.3 is 4.90 Å². The SMILES string of the molecule is O=c1c2ccccc2nnn1C[NH+]1CCN(S(=O)(=O)c2ccccc2F)CC1. The number of benzene rings is 2. The smallest absolute Gasteiger partial charge is 0.282 e. The number of rotatable bonds is 4. The molecule has 0 amide bonds. The van der Waals surface area contributed by atoms with Crippen molar-refractivity contribution in [3.8, 4) is 0 Å². The van der Waals surface area contributed by atoms with Gasteiger partial charge in [0.2, 0.25) is 10.0 Å². The summed E-state index contributed by atoms with van der Waals surface area (Å²) in [5.74, 6) is -0.754. The summed E-state index contributed by atoms with van der Waals surface area (Å²) >= 11 is 0. The number of nitrogens with zero attached hydrogens (tertiary/aromatic N) is 4. The second-order valence-electron chi connectivity index (χ2n) is 6.65. The fraction of sp³-hybridized carbons (Fsp3) is 0.278. The maximum absolute atomic E-state index is 13.9. The van der Waals surface area contributed by atoms with Crippen LogP contribution in [-0.2, 0) is 16.7 Å². The molecule has 2 aromatic carbocycles. The Hall–Kier alpha value is -2.69. The number of aromatic nitrogens is 3. The van der Waals surface area contributed by atoms with Gasteiger partial charge in [-0.3, -0.25) is 4.79 Å². The first-order valence-corrected chi connectivity index (χ1v) is 10.3. The number of halogens is 1. The van der Waals surface area contributed by atoms with Gasteiger partial charge in [0.05, 0.1) is 31.6 Å². The highest BCUT2D eigenvalue weighted by Crippen LogP contribution is 2.18. The Morgan fingerprint density at radius 3 is 2.46 bits per heavy atom. The first-order chi connectivity index (χ1) is 13.5. The van der Waals surface area contributed by atoms with Crippen LogP contribution in [0.2, 0.25) is 0 Å². The van der Waals surface area contributed by atoms with E-state index in [9.17, 15) is 17.6 Å². The van der Waals surface area contributed by atoms with Gasteiger partial charge in [-0.25, -0.2) is 12.8 Å². The lowest BCUT2D eigenvalue weighted by molar-refractivity contribution is -0.927. The zero-order valence-corrected chi connectivity index (χ0v) is 15.8. The van der Waals surface area contributed by atoms with E-state index >= 15 is 0 Å². The Labute approximate surface area is 160 Å². The van der Waals surface area contributed by atoms with E-state index < -0.39 is 15.8 Å². The van der Waals surface area contributed by atoms with Gasteiger partial charge in [-0.15, -0.1) is 5.10 Å². The maximum Gasteiger partial charge on any atom is 0.282 e. The van der Waals surface area contributed by atoms with Gasteiger partial charge in [-0.1, -0.05) is 29.5 Å². The minimum Gasteiger partial charge on any atom is -0.314 e. The van der Waals surface area contributed by atoms with E-state index in [2.05, 4.69) is 10.3 Å². The molecule has 1 fully saturated rings. The molecule has 8 nitrogen and oxygen atoms in total. The van der Waals surface area contributed by atoms with Crippen molar-refractivity contribution in [2.75, 3.05) is 26.2 Å². The molecule has 3 aromatic rings. The van der Waals surface area contributed by atoms with Crippen LogP contribution in [0.25, 0.3) is 10.9 Å². The fourth-order valence-corrected chi connectivity index (χ4v) is 4.84. The second kappa shape index (κ2) is 7.38. The molecule has 0 aliphatic carbocycles. The third-order valence-electron chi connectivity index (χ3n) is 4.89. The molecule has 2 heterocycles. The molecule has 0 atom stereocenters. The molecule has 1 saturated heterocycles. The molecule has 0 unspecified atom stereocenters. The normalized spacial score (nSPS) is 16.5. The number of nitrogens with one attached hydrogen (secondary N) is 1. The predicted octanol–water partition coefficient (Wildman–Crippen LogP) is -0.522. The van der Waals surface area contributed by atoms with Crippen LogP contribution in [0.3, 0.4) is 0 Å². The highest BCUT2D eigenvalue weighted by atomic mass is 32.2. The summed E-state index contributed by atoms with van der Waals surface area (Å²) in [7, 11) is -3.88. The molecular formula is C18H19FN5O3S+. The van der Waals surface area contributed by atoms with E-state index in [1.54, 1.807) is 24.3 Å². The number of piperazine rings is 1. The zero-order valence-electron chi connectivity index (χ0n) is 15.0. The van der Waals surface area contributed by atoms with Gasteiger partial charge in [0.25, 0.3) is 5.56 Å². The van der Waals surface area contributed by atoms with Gasteiger partial charge in [0, 0.05) is 0 Å². The Balaban J connectivity index is 1.47. The minimum atomic E-state index is -3.88. The Kier molecular flexibility index (Phi) is 4.92. The second-order valence-corrected chi connectivity index (χ2v) is 8.56. The fourth-order valence-electron chi connectivity index (χ4n) is 3.33. The molecule has 1 aromatic heterocycles. The first kappa shape index (κ1) is 18.7. The third kappa shape index (κ3) is 3.41. The predicted molar refractivity (Wildman–Crippen MR) is 99.7 cm³/mol. The highest BCUT2D eigenvalue weighted by Gasteiger charge is 2.32. The lowest BCUT2D eigenvalue weighted by atomic mass is 10.2. The molecule has 146 valence electrons. The van der Waals surface area contributed by atoms with Crippen LogP contribution in [0.1, 0.15) is 0 Å². The van der Waals surface area contributed by atoms with Crippen molar-refractivity contribution in [3.63, 3.8) is 0 Å². The molecule has 0 radical (unpaired) electrons. The number of quaternary nitrogens is 1. The van der Waals surface area contributed by atoms with Crippen LogP contribution in [0, 0.1) is 5.82 Å². The van der Waals surface area contributed by atoms with Crippen LogP contribution in [0.4, 0.5) is 4.39 Å². The standard InChI is InChI=1S/C18H18FN5O3S/c19-15-6-2-4-8-17(15)28(26,27)23-11-9-22(10-12-23)13-24-18(25)14-5-1-3-7-16(14)20-21-24/h1-8H,9-13H2/p+1. The number of hydrogen-bond donors (Lipinski definition) is 1. The summed E-state index contributed by atoms with van der Waals surface area (Å²) < 4.78 is 41.8. The van der Waals surface area contributed by atoms with Crippen molar-refractivity contribution in [3.05, 3.63) is 64.7 Å². The molecule has 1 aliphatic heterocycles. The number of fused-ring (bicyclic) bond motifs is 1. The van der Waals surface area contributed by atoms with Crippen LogP contribution in [0.5, 0.6) is 0 Å². The summed E-state index contributed by atoms with van der Waals surface area (Å²) in [6, 6.07) is 12.4. The van der Waals surface area contributed by atoms with E-state index in [0.29, 0.717) is 30.7 Å². The molecule has 28 heavy (non-hydrogen) atoms. The van der Waals surface area contributed by atoms with Gasteiger partial charge >= 0.3 is 0 Å². The maximum atomic E-state index is 13.9. The number of hydrogen-bond acceptors (Lipinski definition) is 5. The third-order valence-corrected chi connectivity index (χ3v) is 6.82. The molecule has 0 bridgehead atoms. The van der Waals surface area contributed by atoms with Gasteiger partial charge in [0.15, 0.2) is 6.67 Å². The Morgan fingerprint density at radius 1 is 1.04 bits per heavy atom. The van der Waals surface area contributed by atoms with Crippen molar-refractivity contribution in [2.45, 2.75) is 11.6 Å². The molecule has 1 aliphatic rings. The quantitative estimate of drug-likeness (QED) is 0.632. The van der Waals surface area contributed by atoms with E-state index in [1.165, 1.54) is 27.2 Å². The lowest BCUT2D eigenvalue weighted by Gasteiger charge is -2.31. The summed E-state index contributed by atoms with van der Waals surface area (Å²) in [5, 5.41) is 8.54. The monoisotopic (exact) mass is 404 g/mol. The van der Waals surface area contributed by atoms with E-state index in [-0.39, 0.29) is 23.5 Å². The summed E-state index contributed by atoms with van der Waals surface area (Å²) in [6.07, 6.45) is 0.